The third kappa shape index (κ3) is 4.31. The molecule has 4 aromatic rings. The number of rotatable bonds is 3. The molecule has 0 aliphatic carbocycles. The van der Waals surface area contributed by atoms with Gasteiger partial charge in [-0.1, -0.05) is 0 Å². The zero-order chi connectivity index (χ0) is 25.6. The van der Waals surface area contributed by atoms with Crippen LogP contribution in [0.5, 0.6) is 5.88 Å². The molecule has 10 nitrogen and oxygen atoms in total. The highest BCUT2D eigenvalue weighted by Crippen LogP contribution is 2.35. The number of aromatic amines is 1. The Morgan fingerprint density at radius 2 is 2.00 bits per heavy atom. The molecular formula is C26H34N8O2. The highest BCUT2D eigenvalue weighted by Gasteiger charge is 2.24. The molecule has 2 bridgehead atoms. The van der Waals surface area contributed by atoms with Gasteiger partial charge in [0.05, 0.1) is 41.5 Å². The number of aliphatic hydroxyl groups is 1. The Kier molecular flexibility index (Phi) is 6.40. The van der Waals surface area contributed by atoms with Crippen LogP contribution >= 0.6 is 0 Å². The molecule has 0 aromatic carbocycles. The summed E-state index contributed by atoms with van der Waals surface area (Å²) in [6.07, 6.45) is 5.86. The fourth-order valence-electron chi connectivity index (χ4n) is 4.97. The van der Waals surface area contributed by atoms with Crippen LogP contribution < -0.4 is 4.74 Å². The Labute approximate surface area is 210 Å². The van der Waals surface area contributed by atoms with Crippen LogP contribution in [0.3, 0.4) is 0 Å². The Morgan fingerprint density at radius 1 is 1.19 bits per heavy atom. The van der Waals surface area contributed by atoms with E-state index in [1.54, 1.807) is 4.68 Å². The summed E-state index contributed by atoms with van der Waals surface area (Å²) >= 11 is 0. The SMILES string of the molecule is Cc1nn(CCO)c2c1/C=C/c1[nH]nc3ncc(cc13)-c1c(C)nn(C)c1O[C@@H](C)CN(C(C)C)C2. The Hall–Kier alpha value is -3.50. The largest absolute Gasteiger partial charge is 0.473 e. The molecule has 0 spiro atoms. The summed E-state index contributed by atoms with van der Waals surface area (Å²) in [5.41, 5.74) is 7.32. The lowest BCUT2D eigenvalue weighted by Crippen LogP contribution is -2.39. The van der Waals surface area contributed by atoms with Crippen molar-refractivity contribution in [1.82, 2.24) is 39.6 Å². The molecule has 4 aromatic heterocycles. The van der Waals surface area contributed by atoms with Crippen molar-refractivity contribution in [2.24, 2.45) is 7.05 Å². The molecule has 10 heteroatoms. The molecule has 36 heavy (non-hydrogen) atoms. The van der Waals surface area contributed by atoms with Crippen molar-refractivity contribution >= 4 is 23.2 Å². The van der Waals surface area contributed by atoms with E-state index in [4.69, 9.17) is 9.84 Å². The number of pyridine rings is 1. The molecule has 0 fully saturated rings. The van der Waals surface area contributed by atoms with E-state index in [9.17, 15) is 5.11 Å². The van der Waals surface area contributed by atoms with Gasteiger partial charge in [-0.25, -0.2) is 9.67 Å². The van der Waals surface area contributed by atoms with Gasteiger partial charge in [0.1, 0.15) is 6.10 Å². The fourth-order valence-corrected chi connectivity index (χ4v) is 4.97. The lowest BCUT2D eigenvalue weighted by atomic mass is 10.1. The van der Waals surface area contributed by atoms with Crippen molar-refractivity contribution in [3.63, 3.8) is 0 Å². The molecule has 0 saturated carbocycles. The van der Waals surface area contributed by atoms with E-state index in [0.29, 0.717) is 25.3 Å². The van der Waals surface area contributed by atoms with Crippen LogP contribution in [-0.4, -0.2) is 70.0 Å². The molecule has 1 atom stereocenters. The summed E-state index contributed by atoms with van der Waals surface area (Å²) in [4.78, 5) is 6.99. The van der Waals surface area contributed by atoms with E-state index in [1.165, 1.54) is 0 Å². The predicted molar refractivity (Wildman–Crippen MR) is 139 cm³/mol. The first-order chi connectivity index (χ1) is 17.3. The number of fused-ring (bicyclic) bond motifs is 4. The molecule has 190 valence electrons. The van der Waals surface area contributed by atoms with Gasteiger partial charge < -0.3 is 9.84 Å². The molecule has 2 N–H and O–H groups in total. The third-order valence-electron chi connectivity index (χ3n) is 6.80. The average molecular weight is 491 g/mol. The molecule has 1 aliphatic heterocycles. The maximum Gasteiger partial charge on any atom is 0.220 e. The predicted octanol–water partition coefficient (Wildman–Crippen LogP) is 3.33. The van der Waals surface area contributed by atoms with Gasteiger partial charge in [-0.3, -0.25) is 14.7 Å². The van der Waals surface area contributed by atoms with Crippen molar-refractivity contribution in [2.45, 2.75) is 59.9 Å². The summed E-state index contributed by atoms with van der Waals surface area (Å²) in [6.45, 7) is 12.3. The maximum atomic E-state index is 9.69. The van der Waals surface area contributed by atoms with Crippen LogP contribution in [-0.2, 0) is 20.1 Å². The second kappa shape index (κ2) is 9.51. The highest BCUT2D eigenvalue weighted by atomic mass is 16.5. The van der Waals surface area contributed by atoms with Crippen LogP contribution in [0.15, 0.2) is 12.3 Å². The van der Waals surface area contributed by atoms with Crippen LogP contribution in [0.25, 0.3) is 34.3 Å². The minimum absolute atomic E-state index is 0.0285. The summed E-state index contributed by atoms with van der Waals surface area (Å²) < 4.78 is 10.3. The summed E-state index contributed by atoms with van der Waals surface area (Å²) in [5, 5.41) is 27.5. The van der Waals surface area contributed by atoms with Crippen LogP contribution in [0.2, 0.25) is 0 Å². The van der Waals surface area contributed by atoms with E-state index in [2.05, 4.69) is 58.1 Å². The summed E-state index contributed by atoms with van der Waals surface area (Å²) in [6, 6.07) is 2.37. The van der Waals surface area contributed by atoms with Crippen molar-refractivity contribution in [2.75, 3.05) is 13.2 Å². The number of hydrogen-bond donors (Lipinski definition) is 2. The molecule has 5 heterocycles. The van der Waals surface area contributed by atoms with E-state index in [0.717, 1.165) is 50.7 Å². The van der Waals surface area contributed by atoms with Crippen molar-refractivity contribution < 1.29 is 9.84 Å². The molecule has 5 rings (SSSR count). The first-order valence-electron chi connectivity index (χ1n) is 12.4. The lowest BCUT2D eigenvalue weighted by molar-refractivity contribution is 0.109. The van der Waals surface area contributed by atoms with E-state index in [1.807, 2.05) is 37.8 Å². The van der Waals surface area contributed by atoms with Gasteiger partial charge in [-0.05, 0) is 52.8 Å². The van der Waals surface area contributed by atoms with Gasteiger partial charge in [0, 0.05) is 48.9 Å². The molecule has 0 unspecified atom stereocenters. The Morgan fingerprint density at radius 3 is 2.75 bits per heavy atom. The zero-order valence-corrected chi connectivity index (χ0v) is 21.8. The highest BCUT2D eigenvalue weighted by molar-refractivity contribution is 5.91. The minimum atomic E-state index is -0.0958. The minimum Gasteiger partial charge on any atom is -0.473 e. The zero-order valence-electron chi connectivity index (χ0n) is 21.8. The smallest absolute Gasteiger partial charge is 0.220 e. The molecule has 0 radical (unpaired) electrons. The molecular weight excluding hydrogens is 456 g/mol. The lowest BCUT2D eigenvalue weighted by Gasteiger charge is -2.30. The number of aliphatic hydroxyl groups excluding tert-OH is 1. The van der Waals surface area contributed by atoms with Gasteiger partial charge in [0.2, 0.25) is 5.88 Å². The van der Waals surface area contributed by atoms with Gasteiger partial charge in [-0.2, -0.15) is 15.3 Å². The number of aryl methyl sites for hydroxylation is 3. The number of nitrogens with zero attached hydrogens (tertiary/aromatic N) is 7. The molecule has 1 aliphatic rings. The van der Waals surface area contributed by atoms with Crippen molar-refractivity contribution in [1.29, 1.82) is 0 Å². The standard InChI is InChI=1S/C26H34N8O2/c1-15(2)33-13-16(3)36-26-24(18(5)30-32(26)6)19-11-21-22(28-29-25(21)27-12-19)8-7-20-17(4)31-34(9-10-35)23(20)14-33/h7-8,11-12,15-16,35H,9-10,13-14H2,1-6H3,(H,27,28,29)/b8-7+/t16-/m0/s1. The van der Waals surface area contributed by atoms with Crippen molar-refractivity contribution in [3.8, 4) is 17.0 Å². The second-order valence-corrected chi connectivity index (χ2v) is 9.80. The van der Waals surface area contributed by atoms with Gasteiger partial charge >= 0.3 is 0 Å². The van der Waals surface area contributed by atoms with Crippen LogP contribution in [0.1, 0.15) is 49.1 Å². The monoisotopic (exact) mass is 490 g/mol. The van der Waals surface area contributed by atoms with E-state index >= 15 is 0 Å². The third-order valence-corrected chi connectivity index (χ3v) is 6.80. The summed E-state index contributed by atoms with van der Waals surface area (Å²) in [7, 11) is 1.91. The first kappa shape index (κ1) is 24.2. The number of ether oxygens (including phenoxy) is 1. The van der Waals surface area contributed by atoms with Gasteiger partial charge in [0.15, 0.2) is 5.65 Å². The fraction of sp³-hybridized carbons (Fsp3) is 0.462. The van der Waals surface area contributed by atoms with E-state index in [-0.39, 0.29) is 18.8 Å². The quantitative estimate of drug-likeness (QED) is 0.453. The summed E-state index contributed by atoms with van der Waals surface area (Å²) in [5.74, 6) is 0.724. The maximum absolute atomic E-state index is 9.69. The van der Waals surface area contributed by atoms with Crippen LogP contribution in [0.4, 0.5) is 0 Å². The van der Waals surface area contributed by atoms with Crippen molar-refractivity contribution in [3.05, 3.63) is 40.6 Å². The number of hydrogen-bond acceptors (Lipinski definition) is 7. The van der Waals surface area contributed by atoms with E-state index < -0.39 is 0 Å². The molecule has 0 saturated heterocycles. The average Bonchev–Trinajstić information content (AvgIpc) is 3.44. The van der Waals surface area contributed by atoms with Gasteiger partial charge in [-0.15, -0.1) is 0 Å². The van der Waals surface area contributed by atoms with Crippen LogP contribution in [0, 0.1) is 13.8 Å². The second-order valence-electron chi connectivity index (χ2n) is 9.80. The number of nitrogens with one attached hydrogen (secondary N) is 1. The Bertz CT molecular complexity index is 1430. The van der Waals surface area contributed by atoms with Gasteiger partial charge in [0.25, 0.3) is 0 Å². The number of H-pyrrole nitrogens is 1. The Balaban J connectivity index is 1.72. The molecule has 0 amide bonds. The number of aromatic nitrogens is 7. The first-order valence-corrected chi connectivity index (χ1v) is 12.4. The normalized spacial score (nSPS) is 17.6. The topological polar surface area (TPSA) is 110 Å².